The van der Waals surface area contributed by atoms with Crippen LogP contribution in [0.2, 0.25) is 0 Å². The van der Waals surface area contributed by atoms with Gasteiger partial charge in [0, 0.05) is 6.54 Å². The van der Waals surface area contributed by atoms with Gasteiger partial charge in [-0.25, -0.2) is 9.36 Å². The molecular weight excluding hydrogens is 426 g/mol. The van der Waals surface area contributed by atoms with Gasteiger partial charge < -0.3 is 10.1 Å². The van der Waals surface area contributed by atoms with E-state index < -0.39 is 5.69 Å². The quantitative estimate of drug-likeness (QED) is 0.490. The standard InChI is InChI=1S/C24H23N3O4S/c1-15-7-8-16(2)20(11-15)27-23(29)22-19(9-10-32-22)26(24(27)30)14-21(28)25-13-17-5-4-6-18(12-17)31-3/h4-12H,13-14H2,1-3H3,(H,25,28). The SMILES string of the molecule is COc1cccc(CNC(=O)Cn2c(=O)n(-c3cc(C)ccc3C)c(=O)c3sccc32)c1. The highest BCUT2D eigenvalue weighted by atomic mass is 32.1. The number of aromatic nitrogens is 2. The van der Waals surface area contributed by atoms with Crippen LogP contribution in [0.25, 0.3) is 15.9 Å². The molecule has 0 aliphatic rings. The Morgan fingerprint density at radius 3 is 2.69 bits per heavy atom. The first kappa shape index (κ1) is 21.6. The normalized spacial score (nSPS) is 11.0. The smallest absolute Gasteiger partial charge is 0.336 e. The van der Waals surface area contributed by atoms with Crippen LogP contribution in [0.5, 0.6) is 5.75 Å². The Balaban J connectivity index is 1.70. The van der Waals surface area contributed by atoms with Crippen LogP contribution in [-0.2, 0) is 17.9 Å². The van der Waals surface area contributed by atoms with Gasteiger partial charge in [0.25, 0.3) is 5.56 Å². The number of hydrogen-bond acceptors (Lipinski definition) is 5. The second kappa shape index (κ2) is 8.84. The second-order valence-corrected chi connectivity index (χ2v) is 8.48. The maximum atomic E-state index is 13.4. The Morgan fingerprint density at radius 1 is 1.09 bits per heavy atom. The molecule has 4 aromatic rings. The number of carbonyl (C=O) groups is 1. The lowest BCUT2D eigenvalue weighted by molar-refractivity contribution is -0.121. The molecule has 8 heteroatoms. The van der Waals surface area contributed by atoms with E-state index in [-0.39, 0.29) is 18.0 Å². The minimum atomic E-state index is -0.536. The summed E-state index contributed by atoms with van der Waals surface area (Å²) in [5.41, 5.74) is 2.70. The second-order valence-electron chi connectivity index (χ2n) is 7.56. The number of ether oxygens (including phenoxy) is 1. The number of amides is 1. The van der Waals surface area contributed by atoms with E-state index in [1.165, 1.54) is 15.9 Å². The van der Waals surface area contributed by atoms with E-state index in [9.17, 15) is 14.4 Å². The van der Waals surface area contributed by atoms with Crippen LogP contribution in [0.4, 0.5) is 0 Å². The Hall–Kier alpha value is -3.65. The molecule has 0 unspecified atom stereocenters. The Morgan fingerprint density at radius 2 is 1.91 bits per heavy atom. The van der Waals surface area contributed by atoms with Crippen molar-refractivity contribution in [2.45, 2.75) is 26.9 Å². The van der Waals surface area contributed by atoms with Gasteiger partial charge in [0.2, 0.25) is 5.91 Å². The summed E-state index contributed by atoms with van der Waals surface area (Å²) in [4.78, 5) is 39.2. The van der Waals surface area contributed by atoms with Crippen molar-refractivity contribution in [1.82, 2.24) is 14.5 Å². The molecule has 0 fully saturated rings. The topological polar surface area (TPSA) is 82.3 Å². The highest BCUT2D eigenvalue weighted by molar-refractivity contribution is 7.17. The molecule has 0 aliphatic carbocycles. The largest absolute Gasteiger partial charge is 0.497 e. The van der Waals surface area contributed by atoms with Crippen LogP contribution in [0.15, 0.2) is 63.5 Å². The Kier molecular flexibility index (Phi) is 5.96. The molecular formula is C24H23N3O4S. The summed E-state index contributed by atoms with van der Waals surface area (Å²) in [6.07, 6.45) is 0. The van der Waals surface area contributed by atoms with Crippen molar-refractivity contribution >= 4 is 27.5 Å². The molecule has 2 heterocycles. The minimum absolute atomic E-state index is 0.193. The van der Waals surface area contributed by atoms with E-state index >= 15 is 0 Å². The number of hydrogen-bond donors (Lipinski definition) is 1. The van der Waals surface area contributed by atoms with Crippen molar-refractivity contribution in [2.75, 3.05) is 7.11 Å². The van der Waals surface area contributed by atoms with Crippen molar-refractivity contribution in [1.29, 1.82) is 0 Å². The van der Waals surface area contributed by atoms with Gasteiger partial charge in [-0.15, -0.1) is 11.3 Å². The number of nitrogens with one attached hydrogen (secondary N) is 1. The number of nitrogens with zero attached hydrogens (tertiary/aromatic N) is 2. The summed E-state index contributed by atoms with van der Waals surface area (Å²) >= 11 is 1.26. The maximum absolute atomic E-state index is 13.4. The van der Waals surface area contributed by atoms with Crippen molar-refractivity contribution < 1.29 is 9.53 Å². The van der Waals surface area contributed by atoms with Crippen molar-refractivity contribution in [3.05, 3.63) is 91.4 Å². The zero-order valence-electron chi connectivity index (χ0n) is 18.0. The highest BCUT2D eigenvalue weighted by Gasteiger charge is 2.18. The van der Waals surface area contributed by atoms with Crippen LogP contribution < -0.4 is 21.3 Å². The molecule has 0 atom stereocenters. The van der Waals surface area contributed by atoms with E-state index in [4.69, 9.17) is 4.74 Å². The third kappa shape index (κ3) is 4.09. The van der Waals surface area contributed by atoms with Crippen LogP contribution >= 0.6 is 11.3 Å². The van der Waals surface area contributed by atoms with Gasteiger partial charge in [0.05, 0.1) is 18.3 Å². The number of carbonyl (C=O) groups excluding carboxylic acids is 1. The monoisotopic (exact) mass is 449 g/mol. The average molecular weight is 450 g/mol. The van der Waals surface area contributed by atoms with E-state index in [0.717, 1.165) is 21.3 Å². The van der Waals surface area contributed by atoms with Gasteiger partial charge in [-0.05, 0) is 60.2 Å². The maximum Gasteiger partial charge on any atom is 0.336 e. The third-order valence-corrected chi connectivity index (χ3v) is 6.18. The first-order valence-corrected chi connectivity index (χ1v) is 11.0. The molecule has 2 aromatic carbocycles. The summed E-state index contributed by atoms with van der Waals surface area (Å²) in [6, 6.07) is 14.7. The predicted molar refractivity (Wildman–Crippen MR) is 126 cm³/mol. The molecule has 2 aromatic heterocycles. The van der Waals surface area contributed by atoms with E-state index in [1.54, 1.807) is 18.6 Å². The third-order valence-electron chi connectivity index (χ3n) is 5.29. The lowest BCUT2D eigenvalue weighted by Crippen LogP contribution is -2.41. The number of fused-ring (bicyclic) bond motifs is 1. The van der Waals surface area contributed by atoms with Crippen LogP contribution in [0.1, 0.15) is 16.7 Å². The number of methoxy groups -OCH3 is 1. The molecule has 0 aliphatic heterocycles. The molecule has 164 valence electrons. The first-order valence-electron chi connectivity index (χ1n) is 10.1. The Bertz CT molecular complexity index is 1430. The molecule has 1 N–H and O–H groups in total. The molecule has 0 radical (unpaired) electrons. The minimum Gasteiger partial charge on any atom is -0.497 e. The van der Waals surface area contributed by atoms with E-state index in [1.807, 2.05) is 56.3 Å². The number of aryl methyl sites for hydroxylation is 2. The molecule has 32 heavy (non-hydrogen) atoms. The molecule has 0 saturated carbocycles. The van der Waals surface area contributed by atoms with Crippen LogP contribution in [0, 0.1) is 13.8 Å². The molecule has 4 rings (SSSR count). The summed E-state index contributed by atoms with van der Waals surface area (Å²) < 4.78 is 8.16. The fourth-order valence-electron chi connectivity index (χ4n) is 3.60. The van der Waals surface area contributed by atoms with Crippen LogP contribution in [-0.4, -0.2) is 22.2 Å². The molecule has 7 nitrogen and oxygen atoms in total. The summed E-state index contributed by atoms with van der Waals surface area (Å²) in [5.74, 6) is 0.377. The van der Waals surface area contributed by atoms with E-state index in [2.05, 4.69) is 5.32 Å². The summed E-state index contributed by atoms with van der Waals surface area (Å²) in [5, 5.41) is 4.59. The number of thiophene rings is 1. The zero-order chi connectivity index (χ0) is 22.8. The molecule has 1 amide bonds. The molecule has 0 spiro atoms. The van der Waals surface area contributed by atoms with Gasteiger partial charge in [-0.2, -0.15) is 0 Å². The van der Waals surface area contributed by atoms with Gasteiger partial charge in [-0.3, -0.25) is 14.2 Å². The lowest BCUT2D eigenvalue weighted by atomic mass is 10.1. The van der Waals surface area contributed by atoms with Crippen molar-refractivity contribution in [3.8, 4) is 11.4 Å². The van der Waals surface area contributed by atoms with Gasteiger partial charge in [-0.1, -0.05) is 24.3 Å². The van der Waals surface area contributed by atoms with Gasteiger partial charge in [0.15, 0.2) is 0 Å². The van der Waals surface area contributed by atoms with Gasteiger partial charge >= 0.3 is 5.69 Å². The summed E-state index contributed by atoms with van der Waals surface area (Å²) in [6.45, 7) is 3.86. The first-order chi connectivity index (χ1) is 15.4. The molecule has 0 bridgehead atoms. The summed E-state index contributed by atoms with van der Waals surface area (Å²) in [7, 11) is 1.58. The Labute approximate surface area is 188 Å². The fourth-order valence-corrected chi connectivity index (χ4v) is 4.42. The number of rotatable bonds is 6. The predicted octanol–water partition coefficient (Wildman–Crippen LogP) is 3.16. The zero-order valence-corrected chi connectivity index (χ0v) is 18.9. The van der Waals surface area contributed by atoms with Crippen molar-refractivity contribution in [3.63, 3.8) is 0 Å². The van der Waals surface area contributed by atoms with Crippen molar-refractivity contribution in [2.24, 2.45) is 0 Å². The average Bonchev–Trinajstić information content (AvgIpc) is 3.28. The van der Waals surface area contributed by atoms with E-state index in [0.29, 0.717) is 28.2 Å². The molecule has 0 saturated heterocycles. The fraction of sp³-hybridized carbons (Fsp3) is 0.208. The number of benzene rings is 2. The van der Waals surface area contributed by atoms with Crippen LogP contribution in [0.3, 0.4) is 0 Å². The highest BCUT2D eigenvalue weighted by Crippen LogP contribution is 2.18. The lowest BCUT2D eigenvalue weighted by Gasteiger charge is -2.14. The van der Waals surface area contributed by atoms with Gasteiger partial charge in [0.1, 0.15) is 17.0 Å².